The Labute approximate surface area is 184 Å². The minimum atomic E-state index is -0.440. The van der Waals surface area contributed by atoms with Crippen molar-refractivity contribution in [3.8, 4) is 0 Å². The lowest BCUT2D eigenvalue weighted by Gasteiger charge is -2.33. The van der Waals surface area contributed by atoms with Crippen LogP contribution in [0.2, 0.25) is 0 Å². The van der Waals surface area contributed by atoms with Gasteiger partial charge in [0, 0.05) is 37.9 Å². The highest BCUT2D eigenvalue weighted by molar-refractivity contribution is 5.94. The normalized spacial score (nSPS) is 17.5. The second-order valence-electron chi connectivity index (χ2n) is 8.82. The topological polar surface area (TPSA) is 79.5 Å². The molecular weight excluding hydrogens is 388 g/mol. The van der Waals surface area contributed by atoms with E-state index < -0.39 is 5.91 Å². The number of rotatable bonds is 6. The van der Waals surface area contributed by atoms with Gasteiger partial charge in [-0.25, -0.2) is 0 Å². The Bertz CT molecular complexity index is 915. The summed E-state index contributed by atoms with van der Waals surface area (Å²) in [5.74, 6) is 0.414. The van der Waals surface area contributed by atoms with Crippen LogP contribution in [-0.2, 0) is 6.42 Å². The van der Waals surface area contributed by atoms with E-state index in [4.69, 9.17) is 5.73 Å². The van der Waals surface area contributed by atoms with Gasteiger partial charge in [0.25, 0.3) is 5.91 Å². The van der Waals surface area contributed by atoms with Crippen molar-refractivity contribution in [3.63, 3.8) is 0 Å². The van der Waals surface area contributed by atoms with E-state index in [0.29, 0.717) is 11.5 Å². The maximum atomic E-state index is 12.8. The maximum Gasteiger partial charge on any atom is 0.253 e. The van der Waals surface area contributed by atoms with E-state index in [9.17, 15) is 9.59 Å². The molecule has 2 aliphatic rings. The van der Waals surface area contributed by atoms with Crippen molar-refractivity contribution in [1.82, 2.24) is 9.88 Å². The summed E-state index contributed by atoms with van der Waals surface area (Å²) in [6, 6.07) is 10.0. The van der Waals surface area contributed by atoms with Crippen molar-refractivity contribution < 1.29 is 9.59 Å². The molecule has 2 N–H and O–H groups in total. The smallest absolute Gasteiger partial charge is 0.253 e. The number of carbonyl (C=O) groups excluding carboxylic acids is 2. The van der Waals surface area contributed by atoms with E-state index in [0.717, 1.165) is 76.0 Å². The number of anilines is 1. The van der Waals surface area contributed by atoms with Gasteiger partial charge >= 0.3 is 0 Å². The summed E-state index contributed by atoms with van der Waals surface area (Å²) in [5, 5.41) is 0. The molecule has 31 heavy (non-hydrogen) atoms. The highest BCUT2D eigenvalue weighted by Gasteiger charge is 2.21. The molecule has 2 amide bonds. The number of likely N-dealkylation sites (tertiary alicyclic amines) is 1. The predicted molar refractivity (Wildman–Crippen MR) is 122 cm³/mol. The first-order valence-electron chi connectivity index (χ1n) is 11.5. The summed E-state index contributed by atoms with van der Waals surface area (Å²) in [6.45, 7) is 3.70. The fraction of sp³-hybridized carbons (Fsp3) is 0.480. The van der Waals surface area contributed by atoms with Gasteiger partial charge in [0.2, 0.25) is 5.91 Å². The maximum absolute atomic E-state index is 12.8. The number of nitrogens with two attached hydrogens (primary N) is 1. The number of aromatic nitrogens is 1. The molecule has 2 aromatic rings. The van der Waals surface area contributed by atoms with Gasteiger partial charge in [-0.2, -0.15) is 0 Å². The zero-order valence-electron chi connectivity index (χ0n) is 18.1. The zero-order valence-corrected chi connectivity index (χ0v) is 18.1. The number of amides is 2. The molecule has 0 unspecified atom stereocenters. The first-order chi connectivity index (χ1) is 15.1. The van der Waals surface area contributed by atoms with Crippen LogP contribution in [-0.4, -0.2) is 47.9 Å². The average Bonchev–Trinajstić information content (AvgIpc) is 2.83. The largest absolute Gasteiger partial charge is 0.370 e. The first-order valence-corrected chi connectivity index (χ1v) is 11.5. The van der Waals surface area contributed by atoms with E-state index >= 15 is 0 Å². The Morgan fingerprint density at radius 3 is 2.48 bits per heavy atom. The van der Waals surface area contributed by atoms with Crippen LogP contribution in [0.5, 0.6) is 0 Å². The van der Waals surface area contributed by atoms with Gasteiger partial charge in [0.1, 0.15) is 0 Å². The molecule has 0 saturated carbocycles. The summed E-state index contributed by atoms with van der Waals surface area (Å²) in [4.78, 5) is 32.6. The molecule has 2 saturated heterocycles. The van der Waals surface area contributed by atoms with E-state index in [1.54, 1.807) is 6.20 Å². The third-order valence-corrected chi connectivity index (χ3v) is 6.65. The summed E-state index contributed by atoms with van der Waals surface area (Å²) in [5.41, 5.74) is 8.89. The summed E-state index contributed by atoms with van der Waals surface area (Å²) in [7, 11) is 0. The highest BCUT2D eigenvalue weighted by Crippen LogP contribution is 2.26. The molecule has 164 valence electrons. The molecule has 0 aliphatic carbocycles. The van der Waals surface area contributed by atoms with Gasteiger partial charge < -0.3 is 15.5 Å². The summed E-state index contributed by atoms with van der Waals surface area (Å²) < 4.78 is 0. The van der Waals surface area contributed by atoms with Crippen LogP contribution in [0.25, 0.3) is 0 Å². The van der Waals surface area contributed by atoms with Crippen molar-refractivity contribution in [2.75, 3.05) is 31.1 Å². The number of nitrogens with zero attached hydrogens (tertiary/aromatic N) is 3. The Balaban J connectivity index is 1.28. The number of primary amides is 1. The van der Waals surface area contributed by atoms with Crippen molar-refractivity contribution in [2.24, 2.45) is 11.7 Å². The number of hydrogen-bond acceptors (Lipinski definition) is 4. The minimum Gasteiger partial charge on any atom is -0.370 e. The number of piperidine rings is 2. The number of pyridine rings is 1. The van der Waals surface area contributed by atoms with Crippen LogP contribution in [0.3, 0.4) is 0 Å². The standard InChI is InChI=1S/C25H32N4O2/c26-24(30)22-16-23(18-27-17-22)28-13-9-19(10-14-28)7-8-20-5-4-6-21(15-20)25(31)29-11-2-1-3-12-29/h4-6,15-19H,1-3,7-14H2,(H2,26,30). The van der Waals surface area contributed by atoms with Crippen LogP contribution in [0.15, 0.2) is 42.7 Å². The van der Waals surface area contributed by atoms with Gasteiger partial charge in [0.15, 0.2) is 0 Å². The van der Waals surface area contributed by atoms with E-state index in [2.05, 4.69) is 22.0 Å². The molecule has 0 bridgehead atoms. The van der Waals surface area contributed by atoms with Crippen molar-refractivity contribution in [2.45, 2.75) is 44.9 Å². The second-order valence-corrected chi connectivity index (χ2v) is 8.82. The Kier molecular flexibility index (Phi) is 6.85. The molecule has 1 aromatic heterocycles. The quantitative estimate of drug-likeness (QED) is 0.774. The molecule has 0 radical (unpaired) electrons. The monoisotopic (exact) mass is 420 g/mol. The van der Waals surface area contributed by atoms with Crippen LogP contribution >= 0.6 is 0 Å². The molecule has 0 spiro atoms. The predicted octanol–water partition coefficient (Wildman–Crippen LogP) is 3.66. The SMILES string of the molecule is NC(=O)c1cncc(N2CCC(CCc3cccc(C(=O)N4CCCCC4)c3)CC2)c1. The third-order valence-electron chi connectivity index (χ3n) is 6.65. The molecule has 0 atom stereocenters. The van der Waals surface area contributed by atoms with Crippen LogP contribution < -0.4 is 10.6 Å². The fourth-order valence-corrected chi connectivity index (χ4v) is 4.73. The first kappa shape index (κ1) is 21.3. The number of hydrogen-bond donors (Lipinski definition) is 1. The Hall–Kier alpha value is -2.89. The van der Waals surface area contributed by atoms with Crippen molar-refractivity contribution in [3.05, 3.63) is 59.4 Å². The van der Waals surface area contributed by atoms with Crippen molar-refractivity contribution >= 4 is 17.5 Å². The van der Waals surface area contributed by atoms with E-state index in [1.165, 1.54) is 18.2 Å². The zero-order chi connectivity index (χ0) is 21.6. The Morgan fingerprint density at radius 1 is 0.968 bits per heavy atom. The second kappa shape index (κ2) is 9.94. The molecule has 2 fully saturated rings. The van der Waals surface area contributed by atoms with E-state index in [-0.39, 0.29) is 5.91 Å². The third kappa shape index (κ3) is 5.43. The average molecular weight is 421 g/mol. The lowest BCUT2D eigenvalue weighted by Crippen LogP contribution is -2.35. The molecule has 6 nitrogen and oxygen atoms in total. The molecule has 6 heteroatoms. The summed E-state index contributed by atoms with van der Waals surface area (Å²) >= 11 is 0. The molecular formula is C25H32N4O2. The van der Waals surface area contributed by atoms with Gasteiger partial charge in [-0.3, -0.25) is 14.6 Å². The number of carbonyl (C=O) groups is 2. The van der Waals surface area contributed by atoms with Crippen molar-refractivity contribution in [1.29, 1.82) is 0 Å². The Morgan fingerprint density at radius 2 is 1.74 bits per heavy atom. The van der Waals surface area contributed by atoms with Crippen LogP contribution in [0.1, 0.15) is 64.8 Å². The van der Waals surface area contributed by atoms with Crippen LogP contribution in [0.4, 0.5) is 5.69 Å². The molecule has 1 aromatic carbocycles. The highest BCUT2D eigenvalue weighted by atomic mass is 16.2. The van der Waals surface area contributed by atoms with E-state index in [1.807, 2.05) is 23.1 Å². The number of aryl methyl sites for hydroxylation is 1. The lowest BCUT2D eigenvalue weighted by molar-refractivity contribution is 0.0724. The molecule has 3 heterocycles. The van der Waals surface area contributed by atoms with Gasteiger partial charge in [-0.05, 0) is 74.6 Å². The molecule has 4 rings (SSSR count). The van der Waals surface area contributed by atoms with Gasteiger partial charge in [0.05, 0.1) is 17.4 Å². The summed E-state index contributed by atoms with van der Waals surface area (Å²) in [6.07, 6.45) is 11.2. The van der Waals surface area contributed by atoms with Gasteiger partial charge in [-0.1, -0.05) is 12.1 Å². The number of benzene rings is 1. The van der Waals surface area contributed by atoms with Crippen LogP contribution in [0, 0.1) is 5.92 Å². The van der Waals surface area contributed by atoms with Gasteiger partial charge in [-0.15, -0.1) is 0 Å². The fourth-order valence-electron chi connectivity index (χ4n) is 4.73. The molecule has 2 aliphatic heterocycles. The lowest BCUT2D eigenvalue weighted by atomic mass is 9.90. The minimum absolute atomic E-state index is 0.182.